The third-order valence-corrected chi connectivity index (χ3v) is 2.96. The van der Waals surface area contributed by atoms with Crippen LogP contribution in [0.2, 0.25) is 0 Å². The number of nitrogens with one attached hydrogen (secondary N) is 1. The SMILES string of the molecule is CCC(C)Oc1ccc([N+](=O)[O-])cc1CNCCOC. The van der Waals surface area contributed by atoms with Crippen molar-refractivity contribution < 1.29 is 14.4 Å². The van der Waals surface area contributed by atoms with Crippen LogP contribution in [0.4, 0.5) is 5.69 Å². The van der Waals surface area contributed by atoms with Gasteiger partial charge in [0, 0.05) is 37.9 Å². The number of benzene rings is 1. The van der Waals surface area contributed by atoms with Crippen LogP contribution in [0.1, 0.15) is 25.8 Å². The van der Waals surface area contributed by atoms with Crippen molar-refractivity contribution in [1.29, 1.82) is 0 Å². The van der Waals surface area contributed by atoms with Crippen LogP contribution < -0.4 is 10.1 Å². The Bertz CT molecular complexity index is 437. The first-order chi connectivity index (χ1) is 9.58. The van der Waals surface area contributed by atoms with E-state index in [4.69, 9.17) is 9.47 Å². The van der Waals surface area contributed by atoms with Gasteiger partial charge in [-0.15, -0.1) is 0 Å². The number of non-ortho nitro benzene ring substituents is 1. The van der Waals surface area contributed by atoms with Gasteiger partial charge in [-0.3, -0.25) is 10.1 Å². The standard InChI is InChI=1S/C14H22N2O4/c1-4-11(2)20-14-6-5-13(16(17)18)9-12(14)10-15-7-8-19-3/h5-6,9,11,15H,4,7-8,10H2,1-3H3. The van der Waals surface area contributed by atoms with Crippen molar-refractivity contribution in [2.24, 2.45) is 0 Å². The van der Waals surface area contributed by atoms with Gasteiger partial charge >= 0.3 is 0 Å². The third-order valence-electron chi connectivity index (χ3n) is 2.96. The van der Waals surface area contributed by atoms with E-state index >= 15 is 0 Å². The number of methoxy groups -OCH3 is 1. The number of nitrogens with zero attached hydrogens (tertiary/aromatic N) is 1. The van der Waals surface area contributed by atoms with Crippen molar-refractivity contribution >= 4 is 5.69 Å². The summed E-state index contributed by atoms with van der Waals surface area (Å²) in [5, 5.41) is 14.0. The van der Waals surface area contributed by atoms with Gasteiger partial charge in [0.25, 0.3) is 5.69 Å². The predicted molar refractivity (Wildman–Crippen MR) is 77.1 cm³/mol. The second-order valence-electron chi connectivity index (χ2n) is 4.56. The van der Waals surface area contributed by atoms with Crippen LogP contribution in [-0.4, -0.2) is 31.3 Å². The molecule has 0 spiro atoms. The van der Waals surface area contributed by atoms with Crippen molar-refractivity contribution in [2.45, 2.75) is 32.9 Å². The summed E-state index contributed by atoms with van der Waals surface area (Å²) in [4.78, 5) is 10.4. The summed E-state index contributed by atoms with van der Waals surface area (Å²) in [6.07, 6.45) is 0.960. The molecule has 1 unspecified atom stereocenters. The van der Waals surface area contributed by atoms with Crippen LogP contribution in [-0.2, 0) is 11.3 Å². The van der Waals surface area contributed by atoms with Crippen molar-refractivity contribution in [3.63, 3.8) is 0 Å². The molecule has 0 aromatic heterocycles. The number of nitro groups is 1. The lowest BCUT2D eigenvalue weighted by Crippen LogP contribution is -2.20. The fourth-order valence-corrected chi connectivity index (χ4v) is 1.63. The average molecular weight is 282 g/mol. The third kappa shape index (κ3) is 5.14. The Kier molecular flexibility index (Phi) is 6.97. The Morgan fingerprint density at radius 2 is 2.20 bits per heavy atom. The zero-order valence-electron chi connectivity index (χ0n) is 12.2. The van der Waals surface area contributed by atoms with E-state index in [0.29, 0.717) is 25.4 Å². The summed E-state index contributed by atoms with van der Waals surface area (Å²) < 4.78 is 10.7. The second-order valence-corrected chi connectivity index (χ2v) is 4.56. The summed E-state index contributed by atoms with van der Waals surface area (Å²) in [6, 6.07) is 4.69. The molecule has 20 heavy (non-hydrogen) atoms. The van der Waals surface area contributed by atoms with Gasteiger partial charge in [0.05, 0.1) is 17.6 Å². The maximum Gasteiger partial charge on any atom is 0.270 e. The van der Waals surface area contributed by atoms with Gasteiger partial charge < -0.3 is 14.8 Å². The number of ether oxygens (including phenoxy) is 2. The van der Waals surface area contributed by atoms with E-state index < -0.39 is 4.92 Å². The molecule has 0 heterocycles. The lowest BCUT2D eigenvalue weighted by atomic mass is 10.1. The highest BCUT2D eigenvalue weighted by Crippen LogP contribution is 2.25. The Balaban J connectivity index is 2.82. The van der Waals surface area contributed by atoms with Gasteiger partial charge in [0.15, 0.2) is 0 Å². The minimum absolute atomic E-state index is 0.0741. The van der Waals surface area contributed by atoms with Crippen molar-refractivity contribution in [3.8, 4) is 5.75 Å². The van der Waals surface area contributed by atoms with Crippen LogP contribution in [0.3, 0.4) is 0 Å². The fourth-order valence-electron chi connectivity index (χ4n) is 1.63. The van der Waals surface area contributed by atoms with Crippen molar-refractivity contribution in [1.82, 2.24) is 5.32 Å². The summed E-state index contributed by atoms with van der Waals surface area (Å²) in [5.41, 5.74) is 0.862. The van der Waals surface area contributed by atoms with Gasteiger partial charge in [0.2, 0.25) is 0 Å². The molecule has 0 bridgehead atoms. The van der Waals surface area contributed by atoms with E-state index in [2.05, 4.69) is 5.32 Å². The van der Waals surface area contributed by atoms with Crippen LogP contribution in [0, 0.1) is 10.1 Å². The molecule has 1 rings (SSSR count). The smallest absolute Gasteiger partial charge is 0.270 e. The number of nitro benzene ring substituents is 1. The normalized spacial score (nSPS) is 12.2. The molecule has 6 nitrogen and oxygen atoms in total. The van der Waals surface area contributed by atoms with Gasteiger partial charge in [-0.25, -0.2) is 0 Å². The predicted octanol–water partition coefficient (Wildman–Crippen LogP) is 2.51. The zero-order valence-corrected chi connectivity index (χ0v) is 12.2. The monoisotopic (exact) mass is 282 g/mol. The maximum absolute atomic E-state index is 10.8. The molecule has 0 aliphatic rings. The molecule has 0 saturated heterocycles. The Hall–Kier alpha value is -1.66. The van der Waals surface area contributed by atoms with E-state index in [0.717, 1.165) is 12.0 Å². The van der Waals surface area contributed by atoms with E-state index in [1.54, 1.807) is 19.2 Å². The Morgan fingerprint density at radius 1 is 1.45 bits per heavy atom. The Morgan fingerprint density at radius 3 is 2.80 bits per heavy atom. The van der Waals surface area contributed by atoms with Gasteiger partial charge in [-0.2, -0.15) is 0 Å². The molecule has 0 aliphatic carbocycles. The minimum Gasteiger partial charge on any atom is -0.490 e. The summed E-state index contributed by atoms with van der Waals surface area (Å²) in [7, 11) is 1.63. The maximum atomic E-state index is 10.8. The fraction of sp³-hybridized carbons (Fsp3) is 0.571. The van der Waals surface area contributed by atoms with Crippen molar-refractivity contribution in [2.75, 3.05) is 20.3 Å². The molecule has 1 N–H and O–H groups in total. The van der Waals surface area contributed by atoms with Crippen LogP contribution in [0.5, 0.6) is 5.75 Å². The molecule has 0 radical (unpaired) electrons. The molecule has 1 aromatic rings. The number of hydrogen-bond acceptors (Lipinski definition) is 5. The number of rotatable bonds is 9. The topological polar surface area (TPSA) is 73.6 Å². The first kappa shape index (κ1) is 16.4. The summed E-state index contributed by atoms with van der Waals surface area (Å²) >= 11 is 0. The number of hydrogen-bond donors (Lipinski definition) is 1. The molecule has 1 aromatic carbocycles. The van der Waals surface area contributed by atoms with Crippen LogP contribution in [0.15, 0.2) is 18.2 Å². The quantitative estimate of drug-likeness (QED) is 0.428. The highest BCUT2D eigenvalue weighted by Gasteiger charge is 2.13. The lowest BCUT2D eigenvalue weighted by molar-refractivity contribution is -0.384. The highest BCUT2D eigenvalue weighted by molar-refractivity contribution is 5.43. The van der Waals surface area contributed by atoms with Crippen molar-refractivity contribution in [3.05, 3.63) is 33.9 Å². The average Bonchev–Trinajstić information content (AvgIpc) is 2.44. The molecular weight excluding hydrogens is 260 g/mol. The molecule has 0 fully saturated rings. The molecule has 0 aliphatic heterocycles. The van der Waals surface area contributed by atoms with E-state index in [1.165, 1.54) is 6.07 Å². The molecule has 112 valence electrons. The van der Waals surface area contributed by atoms with Gasteiger partial charge in [-0.1, -0.05) is 6.92 Å². The Labute approximate surface area is 119 Å². The van der Waals surface area contributed by atoms with Gasteiger partial charge in [0.1, 0.15) is 5.75 Å². The second kappa shape index (κ2) is 8.50. The summed E-state index contributed by atoms with van der Waals surface area (Å²) in [6.45, 7) is 5.80. The molecular formula is C14H22N2O4. The lowest BCUT2D eigenvalue weighted by Gasteiger charge is -2.16. The highest BCUT2D eigenvalue weighted by atomic mass is 16.6. The van der Waals surface area contributed by atoms with Crippen LogP contribution >= 0.6 is 0 Å². The minimum atomic E-state index is -0.397. The zero-order chi connectivity index (χ0) is 15.0. The van der Waals surface area contributed by atoms with E-state index in [-0.39, 0.29) is 11.8 Å². The molecule has 0 saturated carbocycles. The largest absolute Gasteiger partial charge is 0.490 e. The van der Waals surface area contributed by atoms with E-state index in [1.807, 2.05) is 13.8 Å². The molecule has 6 heteroatoms. The summed E-state index contributed by atoms with van der Waals surface area (Å²) in [5.74, 6) is 0.690. The first-order valence-corrected chi connectivity index (χ1v) is 6.72. The molecule has 1 atom stereocenters. The van der Waals surface area contributed by atoms with Crippen LogP contribution in [0.25, 0.3) is 0 Å². The van der Waals surface area contributed by atoms with Gasteiger partial charge in [-0.05, 0) is 19.4 Å². The van der Waals surface area contributed by atoms with E-state index in [9.17, 15) is 10.1 Å². The first-order valence-electron chi connectivity index (χ1n) is 6.72. The molecule has 0 amide bonds.